The maximum Gasteiger partial charge on any atom is 0.421 e. The van der Waals surface area contributed by atoms with Crippen molar-refractivity contribution in [2.45, 2.75) is 38.0 Å². The summed E-state index contributed by atoms with van der Waals surface area (Å²) in [5.41, 5.74) is -2.19. The summed E-state index contributed by atoms with van der Waals surface area (Å²) in [6, 6.07) is 10.4. The zero-order valence-corrected chi connectivity index (χ0v) is 18.1. The van der Waals surface area contributed by atoms with Crippen LogP contribution < -0.4 is 15.8 Å². The van der Waals surface area contributed by atoms with Gasteiger partial charge in [-0.2, -0.15) is 18.3 Å². The number of hydrogen-bond donors (Lipinski definition) is 1. The van der Waals surface area contributed by atoms with Crippen molar-refractivity contribution in [2.75, 3.05) is 11.9 Å². The van der Waals surface area contributed by atoms with E-state index in [0.717, 1.165) is 11.0 Å². The quantitative estimate of drug-likeness (QED) is 0.567. The van der Waals surface area contributed by atoms with Gasteiger partial charge < -0.3 is 14.6 Å². The first-order valence-corrected chi connectivity index (χ1v) is 10.5. The Morgan fingerprint density at radius 2 is 1.94 bits per heavy atom. The number of alkyl halides is 3. The fourth-order valence-electron chi connectivity index (χ4n) is 3.45. The van der Waals surface area contributed by atoms with Gasteiger partial charge in [0.25, 0.3) is 11.5 Å². The second kappa shape index (κ2) is 9.16. The van der Waals surface area contributed by atoms with E-state index >= 15 is 0 Å². The van der Waals surface area contributed by atoms with Crippen molar-refractivity contribution in [3.8, 4) is 0 Å². The van der Waals surface area contributed by atoms with Crippen LogP contribution in [0.1, 0.15) is 46.1 Å². The summed E-state index contributed by atoms with van der Waals surface area (Å²) in [6.45, 7) is -0.577. The number of nitrogens with zero attached hydrogens (tertiary/aromatic N) is 3. The molecule has 1 aliphatic carbocycles. The first kappa shape index (κ1) is 23.3. The molecule has 1 aromatic carbocycles. The molecular formula is C23H21F3N4O4. The van der Waals surface area contributed by atoms with Crippen LogP contribution >= 0.6 is 0 Å². The fourth-order valence-corrected chi connectivity index (χ4v) is 3.45. The number of hydrogen-bond acceptors (Lipinski definition) is 5. The number of halogens is 3. The molecule has 11 heteroatoms. The van der Waals surface area contributed by atoms with Crippen molar-refractivity contribution in [2.24, 2.45) is 0 Å². The Balaban J connectivity index is 1.56. The van der Waals surface area contributed by atoms with Crippen LogP contribution in [0.5, 0.6) is 0 Å². The highest BCUT2D eigenvalue weighted by Crippen LogP contribution is 2.40. The van der Waals surface area contributed by atoms with Crippen LogP contribution in [0, 0.1) is 0 Å². The summed E-state index contributed by atoms with van der Waals surface area (Å²) in [4.78, 5) is 39.2. The second-order valence-corrected chi connectivity index (χ2v) is 7.95. The molecule has 0 spiro atoms. The van der Waals surface area contributed by atoms with Gasteiger partial charge in [0.15, 0.2) is 0 Å². The molecule has 178 valence electrons. The van der Waals surface area contributed by atoms with Gasteiger partial charge in [-0.25, -0.2) is 4.68 Å². The number of carbonyl (C=O) groups is 2. The molecule has 0 unspecified atom stereocenters. The van der Waals surface area contributed by atoms with Crippen LogP contribution in [-0.2, 0) is 24.1 Å². The highest BCUT2D eigenvalue weighted by molar-refractivity contribution is 6.04. The maximum absolute atomic E-state index is 13.4. The standard InChI is InChI=1S/C23H21F3N4O4/c1-29(19-7-3-2-6-16(19)21(32)27-12-15-5-4-10-34-15)20(31)13-30-22(33)17(23(24,25)26)11-18(28-30)14-8-9-14/h2-7,10-11,14H,8-9,12-13H2,1H3,(H,27,32). The molecule has 8 nitrogen and oxygen atoms in total. The third-order valence-electron chi connectivity index (χ3n) is 5.47. The Labute approximate surface area is 192 Å². The lowest BCUT2D eigenvalue weighted by molar-refractivity contribution is -0.139. The van der Waals surface area contributed by atoms with E-state index in [1.54, 1.807) is 24.3 Å². The number of nitrogens with one attached hydrogen (secondary N) is 1. The molecule has 0 saturated heterocycles. The number of carbonyl (C=O) groups excluding carboxylic acids is 2. The van der Waals surface area contributed by atoms with Gasteiger partial charge in [-0.15, -0.1) is 0 Å². The minimum absolute atomic E-state index is 0.130. The molecule has 0 radical (unpaired) electrons. The van der Waals surface area contributed by atoms with E-state index in [1.165, 1.54) is 25.4 Å². The molecule has 0 bridgehead atoms. The molecule has 2 amide bonds. The van der Waals surface area contributed by atoms with Crippen LogP contribution in [0.25, 0.3) is 0 Å². The van der Waals surface area contributed by atoms with E-state index in [2.05, 4.69) is 10.4 Å². The van der Waals surface area contributed by atoms with Crippen LogP contribution in [0.3, 0.4) is 0 Å². The van der Waals surface area contributed by atoms with Crippen LogP contribution in [-0.4, -0.2) is 28.6 Å². The molecule has 2 heterocycles. The molecule has 4 rings (SSSR count). The van der Waals surface area contributed by atoms with E-state index in [9.17, 15) is 27.6 Å². The summed E-state index contributed by atoms with van der Waals surface area (Å²) >= 11 is 0. The van der Waals surface area contributed by atoms with Crippen LogP contribution in [0.4, 0.5) is 18.9 Å². The van der Waals surface area contributed by atoms with E-state index in [1.807, 2.05) is 0 Å². The van der Waals surface area contributed by atoms with Crippen molar-refractivity contribution in [1.82, 2.24) is 15.1 Å². The number of rotatable bonds is 7. The summed E-state index contributed by atoms with van der Waals surface area (Å²) < 4.78 is 45.9. The highest BCUT2D eigenvalue weighted by atomic mass is 19.4. The summed E-state index contributed by atoms with van der Waals surface area (Å²) in [5, 5.41) is 6.69. The molecule has 34 heavy (non-hydrogen) atoms. The first-order chi connectivity index (χ1) is 16.1. The van der Waals surface area contributed by atoms with Crippen molar-refractivity contribution < 1.29 is 27.2 Å². The van der Waals surface area contributed by atoms with Gasteiger partial charge in [-0.3, -0.25) is 14.4 Å². The molecule has 0 aliphatic heterocycles. The summed E-state index contributed by atoms with van der Waals surface area (Å²) in [7, 11) is 1.38. The van der Waals surface area contributed by atoms with E-state index in [0.29, 0.717) is 23.3 Å². The third-order valence-corrected chi connectivity index (χ3v) is 5.47. The molecular weight excluding hydrogens is 453 g/mol. The van der Waals surface area contributed by atoms with Gasteiger partial charge in [0.1, 0.15) is 17.9 Å². The molecule has 1 saturated carbocycles. The van der Waals surface area contributed by atoms with Gasteiger partial charge in [-0.1, -0.05) is 12.1 Å². The topological polar surface area (TPSA) is 97.4 Å². The Bertz CT molecular complexity index is 1260. The number of benzene rings is 1. The first-order valence-electron chi connectivity index (χ1n) is 10.5. The van der Waals surface area contributed by atoms with Gasteiger partial charge in [0.2, 0.25) is 5.91 Å². The number of amides is 2. The van der Waals surface area contributed by atoms with Crippen molar-refractivity contribution in [3.63, 3.8) is 0 Å². The lowest BCUT2D eigenvalue weighted by Crippen LogP contribution is -2.38. The second-order valence-electron chi connectivity index (χ2n) is 7.95. The average molecular weight is 474 g/mol. The lowest BCUT2D eigenvalue weighted by atomic mass is 10.1. The van der Waals surface area contributed by atoms with Crippen molar-refractivity contribution in [3.05, 3.63) is 81.7 Å². The number of para-hydroxylation sites is 1. The van der Waals surface area contributed by atoms with Crippen molar-refractivity contribution in [1.29, 1.82) is 0 Å². The number of likely N-dealkylation sites (N-methyl/N-ethyl adjacent to an activating group) is 1. The molecule has 2 aromatic heterocycles. The minimum Gasteiger partial charge on any atom is -0.467 e. The number of aromatic nitrogens is 2. The van der Waals surface area contributed by atoms with Gasteiger partial charge in [0, 0.05) is 13.0 Å². The third kappa shape index (κ3) is 5.03. The largest absolute Gasteiger partial charge is 0.467 e. The smallest absolute Gasteiger partial charge is 0.421 e. The van der Waals surface area contributed by atoms with Crippen LogP contribution in [0.2, 0.25) is 0 Å². The maximum atomic E-state index is 13.4. The zero-order chi connectivity index (χ0) is 24.5. The zero-order valence-electron chi connectivity index (χ0n) is 18.1. The Hall–Kier alpha value is -3.89. The Kier molecular flexibility index (Phi) is 6.27. The molecule has 1 fully saturated rings. The van der Waals surface area contributed by atoms with Gasteiger partial charge in [-0.05, 0) is 43.2 Å². The Morgan fingerprint density at radius 3 is 2.59 bits per heavy atom. The van der Waals surface area contributed by atoms with E-state index in [4.69, 9.17) is 4.42 Å². The SMILES string of the molecule is CN(C(=O)Cn1nc(C2CC2)cc(C(F)(F)F)c1=O)c1ccccc1C(=O)NCc1ccco1. The normalized spacial score (nSPS) is 13.5. The summed E-state index contributed by atoms with van der Waals surface area (Å²) in [6.07, 6.45) is -2.03. The predicted octanol–water partition coefficient (Wildman–Crippen LogP) is 3.33. The molecule has 3 aromatic rings. The van der Waals surface area contributed by atoms with Gasteiger partial charge >= 0.3 is 6.18 Å². The fraction of sp³-hybridized carbons (Fsp3) is 0.304. The van der Waals surface area contributed by atoms with Crippen LogP contribution in [0.15, 0.2) is 57.9 Å². The average Bonchev–Trinajstić information content (AvgIpc) is 3.52. The Morgan fingerprint density at radius 1 is 1.21 bits per heavy atom. The lowest BCUT2D eigenvalue weighted by Gasteiger charge is -2.21. The summed E-state index contributed by atoms with van der Waals surface area (Å²) in [5.74, 6) is -0.796. The molecule has 1 aliphatic rings. The van der Waals surface area contributed by atoms with E-state index in [-0.39, 0.29) is 29.4 Å². The number of furan rings is 1. The van der Waals surface area contributed by atoms with Gasteiger partial charge in [0.05, 0.1) is 29.8 Å². The van der Waals surface area contributed by atoms with Crippen molar-refractivity contribution >= 4 is 17.5 Å². The highest BCUT2D eigenvalue weighted by Gasteiger charge is 2.38. The monoisotopic (exact) mass is 474 g/mol. The van der Waals surface area contributed by atoms with E-state index < -0.39 is 35.7 Å². The predicted molar refractivity (Wildman–Crippen MR) is 115 cm³/mol. The number of anilines is 1. The molecule has 0 atom stereocenters. The molecule has 1 N–H and O–H groups in total. The minimum atomic E-state index is -4.86.